The van der Waals surface area contributed by atoms with E-state index in [4.69, 9.17) is 10.8 Å². The van der Waals surface area contributed by atoms with Gasteiger partial charge in [-0.2, -0.15) is 13.2 Å². The van der Waals surface area contributed by atoms with Crippen LogP contribution in [-0.2, 0) is 6.18 Å². The quantitative estimate of drug-likeness (QED) is 0.751. The summed E-state index contributed by atoms with van der Waals surface area (Å²) in [6.45, 7) is -0.613. The summed E-state index contributed by atoms with van der Waals surface area (Å²) in [6, 6.07) is 1.65. The van der Waals surface area contributed by atoms with Crippen molar-refractivity contribution < 1.29 is 22.7 Å². The summed E-state index contributed by atoms with van der Waals surface area (Å²) in [7, 11) is 0. The Kier molecular flexibility index (Phi) is 3.31. The maximum absolute atomic E-state index is 13.3. The van der Waals surface area contributed by atoms with Gasteiger partial charge in [-0.1, -0.05) is 12.1 Å². The molecule has 15 heavy (non-hydrogen) atoms. The molecule has 0 radical (unpaired) electrons. The molecule has 0 bridgehead atoms. The van der Waals surface area contributed by atoms with Gasteiger partial charge in [-0.05, 0) is 6.07 Å². The number of aliphatic hydroxyl groups excluding tert-OH is 1. The highest BCUT2D eigenvalue weighted by molar-refractivity contribution is 5.30. The Morgan fingerprint density at radius 3 is 2.40 bits per heavy atom. The molecule has 1 aromatic rings. The van der Waals surface area contributed by atoms with Crippen molar-refractivity contribution in [2.24, 2.45) is 5.73 Å². The highest BCUT2D eigenvalue weighted by Crippen LogP contribution is 2.33. The lowest BCUT2D eigenvalue weighted by molar-refractivity contribution is -0.140. The Labute approximate surface area is 83.3 Å². The number of rotatable bonds is 2. The number of nitrogens with two attached hydrogens (primary N) is 1. The summed E-state index contributed by atoms with van der Waals surface area (Å²) in [4.78, 5) is 0. The Morgan fingerprint density at radius 1 is 1.33 bits per heavy atom. The van der Waals surface area contributed by atoms with Crippen LogP contribution in [-0.4, -0.2) is 11.7 Å². The number of halogens is 4. The molecule has 0 aliphatic carbocycles. The van der Waals surface area contributed by atoms with Crippen LogP contribution in [0.25, 0.3) is 0 Å². The average Bonchev–Trinajstić information content (AvgIpc) is 2.15. The third-order valence-electron chi connectivity index (χ3n) is 1.93. The molecule has 3 N–H and O–H groups in total. The van der Waals surface area contributed by atoms with Crippen LogP contribution in [0.4, 0.5) is 17.6 Å². The molecule has 0 aliphatic rings. The average molecular weight is 223 g/mol. The molecule has 0 fully saturated rings. The molecule has 1 rings (SSSR count). The second kappa shape index (κ2) is 4.16. The van der Waals surface area contributed by atoms with E-state index in [9.17, 15) is 17.6 Å². The third-order valence-corrected chi connectivity index (χ3v) is 1.93. The summed E-state index contributed by atoms with van der Waals surface area (Å²) in [5.41, 5.74) is 3.54. The SMILES string of the molecule is NC(CO)c1cccc(C(F)(F)F)c1F. The van der Waals surface area contributed by atoms with E-state index in [2.05, 4.69) is 0 Å². The van der Waals surface area contributed by atoms with Crippen molar-refractivity contribution in [3.8, 4) is 0 Å². The van der Waals surface area contributed by atoms with Crippen LogP contribution in [0, 0.1) is 5.82 Å². The van der Waals surface area contributed by atoms with E-state index in [-0.39, 0.29) is 5.56 Å². The Balaban J connectivity index is 3.23. The van der Waals surface area contributed by atoms with Crippen molar-refractivity contribution in [2.45, 2.75) is 12.2 Å². The predicted molar refractivity (Wildman–Crippen MR) is 45.4 cm³/mol. The number of aliphatic hydroxyl groups is 1. The molecular weight excluding hydrogens is 214 g/mol. The summed E-state index contributed by atoms with van der Waals surface area (Å²) in [5.74, 6) is -1.42. The van der Waals surface area contributed by atoms with Crippen LogP contribution >= 0.6 is 0 Å². The van der Waals surface area contributed by atoms with Gasteiger partial charge in [0.15, 0.2) is 0 Å². The lowest BCUT2D eigenvalue weighted by atomic mass is 10.0. The number of benzene rings is 1. The van der Waals surface area contributed by atoms with E-state index in [1.54, 1.807) is 0 Å². The summed E-state index contributed by atoms with van der Waals surface area (Å²) in [5, 5.41) is 8.63. The molecule has 0 aromatic heterocycles. The second-order valence-corrected chi connectivity index (χ2v) is 3.00. The van der Waals surface area contributed by atoms with Gasteiger partial charge < -0.3 is 10.8 Å². The van der Waals surface area contributed by atoms with Crippen molar-refractivity contribution in [2.75, 3.05) is 6.61 Å². The molecule has 0 saturated heterocycles. The van der Waals surface area contributed by atoms with Gasteiger partial charge >= 0.3 is 6.18 Å². The van der Waals surface area contributed by atoms with Crippen molar-refractivity contribution in [1.82, 2.24) is 0 Å². The van der Waals surface area contributed by atoms with Gasteiger partial charge in [-0.15, -0.1) is 0 Å². The van der Waals surface area contributed by atoms with E-state index in [0.717, 1.165) is 12.1 Å². The maximum atomic E-state index is 13.3. The molecule has 1 unspecified atom stereocenters. The maximum Gasteiger partial charge on any atom is 0.419 e. The molecule has 0 aliphatic heterocycles. The largest absolute Gasteiger partial charge is 0.419 e. The fourth-order valence-corrected chi connectivity index (χ4v) is 1.15. The lowest BCUT2D eigenvalue weighted by Gasteiger charge is -2.14. The third kappa shape index (κ3) is 2.45. The molecule has 1 aromatic carbocycles. The number of hydrogen-bond acceptors (Lipinski definition) is 2. The Morgan fingerprint density at radius 2 is 1.93 bits per heavy atom. The minimum absolute atomic E-state index is 0.340. The highest BCUT2D eigenvalue weighted by Gasteiger charge is 2.35. The van der Waals surface area contributed by atoms with E-state index in [1.807, 2.05) is 0 Å². The zero-order valence-corrected chi connectivity index (χ0v) is 7.55. The summed E-state index contributed by atoms with van der Waals surface area (Å²) >= 11 is 0. The fourth-order valence-electron chi connectivity index (χ4n) is 1.15. The molecule has 1 atom stereocenters. The highest BCUT2D eigenvalue weighted by atomic mass is 19.4. The minimum Gasteiger partial charge on any atom is -0.394 e. The first-order valence-electron chi connectivity index (χ1n) is 4.10. The van der Waals surface area contributed by atoms with Crippen molar-refractivity contribution in [3.63, 3.8) is 0 Å². The van der Waals surface area contributed by atoms with Gasteiger partial charge in [0.05, 0.1) is 18.2 Å². The van der Waals surface area contributed by atoms with E-state index >= 15 is 0 Å². The molecule has 0 saturated carbocycles. The van der Waals surface area contributed by atoms with Gasteiger partial charge in [0, 0.05) is 5.56 Å². The predicted octanol–water partition coefficient (Wildman–Crippen LogP) is 1.84. The van der Waals surface area contributed by atoms with Crippen LogP contribution in [0.5, 0.6) is 0 Å². The van der Waals surface area contributed by atoms with Crippen LogP contribution in [0.3, 0.4) is 0 Å². The number of alkyl halides is 3. The molecular formula is C9H9F4NO. The summed E-state index contributed by atoms with van der Waals surface area (Å²) < 4.78 is 50.1. The van der Waals surface area contributed by atoms with E-state index in [1.165, 1.54) is 0 Å². The molecule has 0 amide bonds. The summed E-state index contributed by atoms with van der Waals surface area (Å²) in [6.07, 6.45) is -4.75. The van der Waals surface area contributed by atoms with Crippen LogP contribution < -0.4 is 5.73 Å². The Hall–Kier alpha value is -1.14. The first-order chi connectivity index (χ1) is 6.88. The monoisotopic (exact) mass is 223 g/mol. The first-order valence-corrected chi connectivity index (χ1v) is 4.10. The first kappa shape index (κ1) is 11.9. The molecule has 6 heteroatoms. The Bertz CT molecular complexity index is 350. The standard InChI is InChI=1S/C9H9F4NO/c10-8-5(7(14)4-15)2-1-3-6(8)9(11,12)13/h1-3,7,15H,4,14H2. The zero-order valence-electron chi connectivity index (χ0n) is 7.55. The van der Waals surface area contributed by atoms with Crippen LogP contribution in [0.15, 0.2) is 18.2 Å². The van der Waals surface area contributed by atoms with Crippen LogP contribution in [0.1, 0.15) is 17.2 Å². The van der Waals surface area contributed by atoms with Gasteiger partial charge in [0.25, 0.3) is 0 Å². The lowest BCUT2D eigenvalue weighted by Crippen LogP contribution is -2.18. The van der Waals surface area contributed by atoms with Gasteiger partial charge in [0.2, 0.25) is 0 Å². The number of hydrogen-bond donors (Lipinski definition) is 2. The van der Waals surface area contributed by atoms with Crippen molar-refractivity contribution >= 4 is 0 Å². The van der Waals surface area contributed by atoms with Crippen molar-refractivity contribution in [1.29, 1.82) is 0 Å². The topological polar surface area (TPSA) is 46.2 Å². The second-order valence-electron chi connectivity index (χ2n) is 3.00. The molecule has 2 nitrogen and oxygen atoms in total. The fraction of sp³-hybridized carbons (Fsp3) is 0.333. The molecule has 0 heterocycles. The van der Waals surface area contributed by atoms with E-state index < -0.39 is 30.2 Å². The minimum atomic E-state index is -4.75. The molecule has 0 spiro atoms. The van der Waals surface area contributed by atoms with Crippen LogP contribution in [0.2, 0.25) is 0 Å². The van der Waals surface area contributed by atoms with Gasteiger partial charge in [-0.25, -0.2) is 4.39 Å². The van der Waals surface area contributed by atoms with Gasteiger partial charge in [-0.3, -0.25) is 0 Å². The smallest absolute Gasteiger partial charge is 0.394 e. The van der Waals surface area contributed by atoms with E-state index in [0.29, 0.717) is 6.07 Å². The van der Waals surface area contributed by atoms with Crippen molar-refractivity contribution in [3.05, 3.63) is 35.1 Å². The zero-order chi connectivity index (χ0) is 11.6. The normalized spacial score (nSPS) is 14.0. The molecule has 84 valence electrons. The van der Waals surface area contributed by atoms with Gasteiger partial charge in [0.1, 0.15) is 5.82 Å².